The molecule has 1 saturated carbocycles. The summed E-state index contributed by atoms with van der Waals surface area (Å²) in [5.74, 6) is -0.236. The maximum Gasteiger partial charge on any atom is 2.00 e. The third-order valence-electron chi connectivity index (χ3n) is 5.29. The predicted octanol–water partition coefficient (Wildman–Crippen LogP) is 4.56. The van der Waals surface area contributed by atoms with Crippen LogP contribution < -0.4 is 0 Å². The Balaban J connectivity index is 0.000000325. The molecular weight excluding hydrogens is 356 g/mol. The number of carbonyl (C=O) groups is 2. The second-order valence-corrected chi connectivity index (χ2v) is 7.31. The van der Waals surface area contributed by atoms with E-state index in [4.69, 9.17) is 4.74 Å². The largest absolute Gasteiger partial charge is 2.00 e. The molecule has 1 aliphatic heterocycles. The summed E-state index contributed by atoms with van der Waals surface area (Å²) >= 11 is 0. The summed E-state index contributed by atoms with van der Waals surface area (Å²) in [6.07, 6.45) is 2.74. The van der Waals surface area contributed by atoms with Crippen molar-refractivity contribution in [2.45, 2.75) is 45.6 Å². The van der Waals surface area contributed by atoms with Crippen molar-refractivity contribution in [1.29, 1.82) is 0 Å². The molecular formula is C21H24FeO3. The van der Waals surface area contributed by atoms with Gasteiger partial charge in [0.1, 0.15) is 5.41 Å². The SMILES string of the molecule is CC1(C)C(=O)C2(CCCC2)C(=O)OC1[c-]1cccc1.[Fe+2].c1cc[cH-]c1. The van der Waals surface area contributed by atoms with Gasteiger partial charge in [-0.25, -0.2) is 24.3 Å². The van der Waals surface area contributed by atoms with Crippen molar-refractivity contribution in [3.8, 4) is 0 Å². The number of hydrogen-bond donors (Lipinski definition) is 0. The van der Waals surface area contributed by atoms with Gasteiger partial charge in [0.2, 0.25) is 0 Å². The number of Topliss-reactive ketones (excluding diaryl/α,β-unsaturated/α-hetero) is 1. The van der Waals surface area contributed by atoms with Crippen molar-refractivity contribution in [3.63, 3.8) is 0 Å². The Bertz CT molecular complexity index is 660. The molecule has 1 aliphatic carbocycles. The molecule has 4 rings (SSSR count). The van der Waals surface area contributed by atoms with Crippen molar-refractivity contribution in [3.05, 3.63) is 60.2 Å². The fourth-order valence-electron chi connectivity index (χ4n) is 3.97. The molecule has 1 saturated heterocycles. The van der Waals surface area contributed by atoms with Gasteiger partial charge in [-0.15, -0.1) is 5.56 Å². The van der Waals surface area contributed by atoms with Gasteiger partial charge in [-0.05, 0) is 12.8 Å². The summed E-state index contributed by atoms with van der Waals surface area (Å²) in [5.41, 5.74) is -0.585. The Labute approximate surface area is 160 Å². The van der Waals surface area contributed by atoms with Crippen LogP contribution in [0.3, 0.4) is 0 Å². The molecule has 0 N–H and O–H groups in total. The van der Waals surface area contributed by atoms with E-state index in [9.17, 15) is 9.59 Å². The number of rotatable bonds is 1. The fourth-order valence-corrected chi connectivity index (χ4v) is 3.97. The normalized spacial score (nSPS) is 23.4. The number of ether oxygens (including phenoxy) is 1. The minimum absolute atomic E-state index is 0. The molecule has 2 fully saturated rings. The third-order valence-corrected chi connectivity index (χ3v) is 5.29. The average molecular weight is 380 g/mol. The summed E-state index contributed by atoms with van der Waals surface area (Å²) < 4.78 is 5.69. The minimum atomic E-state index is -0.855. The summed E-state index contributed by atoms with van der Waals surface area (Å²) in [7, 11) is 0. The second kappa shape index (κ2) is 7.72. The molecule has 0 radical (unpaired) electrons. The Kier molecular flexibility index (Phi) is 6.07. The van der Waals surface area contributed by atoms with Crippen molar-refractivity contribution >= 4 is 11.8 Å². The first-order valence-corrected chi connectivity index (χ1v) is 8.63. The monoisotopic (exact) mass is 380 g/mol. The first kappa shape index (κ1) is 19.7. The van der Waals surface area contributed by atoms with Crippen LogP contribution in [-0.2, 0) is 31.4 Å². The Morgan fingerprint density at radius 3 is 2.08 bits per heavy atom. The van der Waals surface area contributed by atoms with Gasteiger partial charge in [-0.3, -0.25) is 9.59 Å². The van der Waals surface area contributed by atoms with E-state index in [0.29, 0.717) is 12.8 Å². The topological polar surface area (TPSA) is 43.4 Å². The number of hydrogen-bond acceptors (Lipinski definition) is 3. The van der Waals surface area contributed by atoms with Gasteiger partial charge in [0, 0.05) is 0 Å². The molecule has 134 valence electrons. The maximum absolute atomic E-state index is 12.9. The molecule has 2 aliphatic rings. The molecule has 2 aromatic rings. The van der Waals surface area contributed by atoms with Gasteiger partial charge < -0.3 is 4.74 Å². The van der Waals surface area contributed by atoms with Crippen LogP contribution in [0.15, 0.2) is 54.6 Å². The van der Waals surface area contributed by atoms with E-state index in [1.54, 1.807) is 0 Å². The predicted molar refractivity (Wildman–Crippen MR) is 92.6 cm³/mol. The zero-order chi connectivity index (χ0) is 17.2. The minimum Gasteiger partial charge on any atom is -0.468 e. The van der Waals surface area contributed by atoms with Crippen molar-refractivity contribution < 1.29 is 31.4 Å². The summed E-state index contributed by atoms with van der Waals surface area (Å²) in [6.45, 7) is 3.80. The van der Waals surface area contributed by atoms with E-state index in [1.165, 1.54) is 0 Å². The van der Waals surface area contributed by atoms with E-state index < -0.39 is 16.9 Å². The Morgan fingerprint density at radius 2 is 1.60 bits per heavy atom. The first-order chi connectivity index (χ1) is 11.5. The van der Waals surface area contributed by atoms with Gasteiger partial charge >= 0.3 is 23.0 Å². The van der Waals surface area contributed by atoms with E-state index in [-0.39, 0.29) is 28.8 Å². The summed E-state index contributed by atoms with van der Waals surface area (Å²) in [4.78, 5) is 25.3. The van der Waals surface area contributed by atoms with Crippen LogP contribution in [-0.4, -0.2) is 11.8 Å². The Morgan fingerprint density at radius 1 is 1.04 bits per heavy atom. The maximum atomic E-state index is 12.9. The molecule has 1 heterocycles. The van der Waals surface area contributed by atoms with Gasteiger partial charge in [-0.2, -0.15) is 30.3 Å². The zero-order valence-electron chi connectivity index (χ0n) is 14.7. The van der Waals surface area contributed by atoms with Crippen molar-refractivity contribution in [1.82, 2.24) is 0 Å². The average Bonchev–Trinajstić information content (AvgIpc) is 3.34. The molecule has 1 spiro atoms. The van der Waals surface area contributed by atoms with Gasteiger partial charge in [0.15, 0.2) is 5.78 Å². The smallest absolute Gasteiger partial charge is 0.468 e. The van der Waals surface area contributed by atoms with E-state index >= 15 is 0 Å². The van der Waals surface area contributed by atoms with Gasteiger partial charge in [0.25, 0.3) is 0 Å². The fraction of sp³-hybridized carbons (Fsp3) is 0.429. The van der Waals surface area contributed by atoms with Crippen molar-refractivity contribution in [2.75, 3.05) is 0 Å². The first-order valence-electron chi connectivity index (χ1n) is 8.63. The van der Waals surface area contributed by atoms with Crippen LogP contribution in [0.4, 0.5) is 0 Å². The molecule has 3 nitrogen and oxygen atoms in total. The standard InChI is InChI=1S/C16H19O3.C5H5.Fe/c1-15(2)12(11-7-3-4-8-11)19-14(18)16(13(15)17)9-5-6-10-16;1-2-4-5-3-1;/h3-4,7-8,12H,5-6,9-10H2,1-2H3;1-5H;/q2*-1;+2. The van der Waals surface area contributed by atoms with Crippen LogP contribution in [0, 0.1) is 10.8 Å². The van der Waals surface area contributed by atoms with Crippen LogP contribution in [0.5, 0.6) is 0 Å². The van der Waals surface area contributed by atoms with Gasteiger partial charge in [-0.1, -0.05) is 26.7 Å². The number of carbonyl (C=O) groups excluding carboxylic acids is 2. The molecule has 0 aromatic heterocycles. The van der Waals surface area contributed by atoms with Crippen LogP contribution in [0.2, 0.25) is 0 Å². The third kappa shape index (κ3) is 3.51. The zero-order valence-corrected chi connectivity index (χ0v) is 15.8. The molecule has 25 heavy (non-hydrogen) atoms. The number of esters is 1. The molecule has 1 atom stereocenters. The Hall–Kier alpha value is -1.64. The van der Waals surface area contributed by atoms with Crippen LogP contribution >= 0.6 is 0 Å². The second-order valence-electron chi connectivity index (χ2n) is 7.31. The molecule has 2 aromatic carbocycles. The molecule has 1 unspecified atom stereocenters. The van der Waals surface area contributed by atoms with Crippen molar-refractivity contribution in [2.24, 2.45) is 10.8 Å². The van der Waals surface area contributed by atoms with E-state index in [0.717, 1.165) is 18.4 Å². The molecule has 0 amide bonds. The van der Waals surface area contributed by atoms with Crippen LogP contribution in [0.25, 0.3) is 0 Å². The molecule has 4 heteroatoms. The quantitative estimate of drug-likeness (QED) is 0.315. The van der Waals surface area contributed by atoms with E-state index in [2.05, 4.69) is 0 Å². The number of ketones is 1. The van der Waals surface area contributed by atoms with E-state index in [1.807, 2.05) is 68.4 Å². The van der Waals surface area contributed by atoms with Gasteiger partial charge in [0.05, 0.1) is 11.5 Å². The summed E-state index contributed by atoms with van der Waals surface area (Å²) in [6, 6.07) is 17.6. The molecule has 0 bridgehead atoms. The number of cyclic esters (lactones) is 1. The van der Waals surface area contributed by atoms with Crippen LogP contribution in [0.1, 0.15) is 51.2 Å². The summed E-state index contributed by atoms with van der Waals surface area (Å²) in [5, 5.41) is 0.